The van der Waals surface area contributed by atoms with Gasteiger partial charge in [-0.05, 0) is 13.8 Å². The fourth-order valence-electron chi connectivity index (χ4n) is 1.35. The van der Waals surface area contributed by atoms with E-state index in [1.165, 1.54) is 0 Å². The summed E-state index contributed by atoms with van der Waals surface area (Å²) in [4.78, 5) is 2.39. The van der Waals surface area contributed by atoms with Crippen LogP contribution in [0.25, 0.3) is 0 Å². The zero-order chi connectivity index (χ0) is 8.10. The molecule has 1 N–H and O–H groups in total. The SMILES string of the molecule is CC#CCN1CCN[C@H](C)C1. The van der Waals surface area contributed by atoms with E-state index in [-0.39, 0.29) is 0 Å². The first-order valence-corrected chi connectivity index (χ1v) is 4.18. The van der Waals surface area contributed by atoms with Crippen molar-refractivity contribution >= 4 is 0 Å². The van der Waals surface area contributed by atoms with E-state index in [1.54, 1.807) is 0 Å². The monoisotopic (exact) mass is 152 g/mol. The molecule has 62 valence electrons. The molecule has 1 heterocycles. The van der Waals surface area contributed by atoms with Gasteiger partial charge >= 0.3 is 0 Å². The van der Waals surface area contributed by atoms with Gasteiger partial charge in [0.15, 0.2) is 0 Å². The highest BCUT2D eigenvalue weighted by Gasteiger charge is 2.13. The summed E-state index contributed by atoms with van der Waals surface area (Å²) in [5.41, 5.74) is 0. The Morgan fingerprint density at radius 2 is 2.45 bits per heavy atom. The first-order chi connectivity index (χ1) is 5.33. The smallest absolute Gasteiger partial charge is 0.0602 e. The third kappa shape index (κ3) is 2.92. The molecule has 0 aromatic rings. The van der Waals surface area contributed by atoms with Crippen molar-refractivity contribution in [2.24, 2.45) is 0 Å². The minimum absolute atomic E-state index is 0.627. The standard InChI is InChI=1S/C9H16N2/c1-3-4-6-11-7-5-10-9(2)8-11/h9-10H,5-8H2,1-2H3/t9-/m1/s1. The van der Waals surface area contributed by atoms with Gasteiger partial charge in [0.2, 0.25) is 0 Å². The quantitative estimate of drug-likeness (QED) is 0.544. The number of hydrogen-bond donors (Lipinski definition) is 1. The van der Waals surface area contributed by atoms with Gasteiger partial charge in [0.25, 0.3) is 0 Å². The molecule has 0 bridgehead atoms. The molecule has 0 aromatic heterocycles. The Morgan fingerprint density at radius 1 is 1.64 bits per heavy atom. The van der Waals surface area contributed by atoms with E-state index in [0.29, 0.717) is 6.04 Å². The minimum Gasteiger partial charge on any atom is -0.312 e. The topological polar surface area (TPSA) is 15.3 Å². The molecule has 1 aliphatic heterocycles. The Bertz CT molecular complexity index is 166. The lowest BCUT2D eigenvalue weighted by atomic mass is 10.2. The van der Waals surface area contributed by atoms with Crippen LogP contribution in [0.1, 0.15) is 13.8 Å². The van der Waals surface area contributed by atoms with E-state index >= 15 is 0 Å². The average Bonchev–Trinajstić information content (AvgIpc) is 2.01. The second-order valence-electron chi connectivity index (χ2n) is 3.02. The van der Waals surface area contributed by atoms with Gasteiger partial charge < -0.3 is 5.32 Å². The predicted octanol–water partition coefficient (Wildman–Crippen LogP) is 0.303. The van der Waals surface area contributed by atoms with Gasteiger partial charge in [-0.2, -0.15) is 0 Å². The molecule has 0 spiro atoms. The van der Waals surface area contributed by atoms with Gasteiger partial charge in [-0.3, -0.25) is 4.90 Å². The molecule has 1 aliphatic rings. The summed E-state index contributed by atoms with van der Waals surface area (Å²) in [6, 6.07) is 0.627. The summed E-state index contributed by atoms with van der Waals surface area (Å²) in [7, 11) is 0. The van der Waals surface area contributed by atoms with Crippen molar-refractivity contribution < 1.29 is 0 Å². The van der Waals surface area contributed by atoms with E-state index in [0.717, 1.165) is 26.2 Å². The molecule has 0 unspecified atom stereocenters. The maximum absolute atomic E-state index is 3.40. The van der Waals surface area contributed by atoms with E-state index < -0.39 is 0 Å². The van der Waals surface area contributed by atoms with Gasteiger partial charge in [0.1, 0.15) is 0 Å². The second-order valence-corrected chi connectivity index (χ2v) is 3.02. The zero-order valence-electron chi connectivity index (χ0n) is 7.35. The summed E-state index contributed by atoms with van der Waals surface area (Å²) in [5, 5.41) is 3.40. The molecule has 0 radical (unpaired) electrons. The van der Waals surface area contributed by atoms with Crippen molar-refractivity contribution in [1.29, 1.82) is 0 Å². The van der Waals surface area contributed by atoms with E-state index in [9.17, 15) is 0 Å². The van der Waals surface area contributed by atoms with Gasteiger partial charge in [-0.25, -0.2) is 0 Å². The van der Waals surface area contributed by atoms with Crippen LogP contribution in [0.3, 0.4) is 0 Å². The van der Waals surface area contributed by atoms with Crippen LogP contribution in [0.5, 0.6) is 0 Å². The summed E-state index contributed by atoms with van der Waals surface area (Å²) in [5.74, 6) is 6.00. The van der Waals surface area contributed by atoms with Gasteiger partial charge in [0, 0.05) is 25.7 Å². The molecule has 0 saturated carbocycles. The number of piperazine rings is 1. The van der Waals surface area contributed by atoms with Crippen LogP contribution in [-0.4, -0.2) is 37.1 Å². The average molecular weight is 152 g/mol. The van der Waals surface area contributed by atoms with Crippen molar-refractivity contribution in [1.82, 2.24) is 10.2 Å². The van der Waals surface area contributed by atoms with Gasteiger partial charge in [0.05, 0.1) is 6.54 Å². The summed E-state index contributed by atoms with van der Waals surface area (Å²) in [6.07, 6.45) is 0. The van der Waals surface area contributed by atoms with Crippen molar-refractivity contribution in [2.75, 3.05) is 26.2 Å². The Morgan fingerprint density at radius 3 is 3.09 bits per heavy atom. The Balaban J connectivity index is 2.26. The number of nitrogens with zero attached hydrogens (tertiary/aromatic N) is 1. The van der Waals surface area contributed by atoms with Crippen LogP contribution in [0.4, 0.5) is 0 Å². The summed E-state index contributed by atoms with van der Waals surface area (Å²) >= 11 is 0. The lowest BCUT2D eigenvalue weighted by molar-refractivity contribution is 0.229. The van der Waals surface area contributed by atoms with Crippen LogP contribution in [0.15, 0.2) is 0 Å². The third-order valence-corrected chi connectivity index (χ3v) is 1.93. The fourth-order valence-corrected chi connectivity index (χ4v) is 1.35. The van der Waals surface area contributed by atoms with Crippen LogP contribution in [0.2, 0.25) is 0 Å². The molecule has 2 heteroatoms. The Labute approximate surface area is 69.0 Å². The van der Waals surface area contributed by atoms with E-state index in [4.69, 9.17) is 0 Å². The van der Waals surface area contributed by atoms with E-state index in [2.05, 4.69) is 29.0 Å². The fraction of sp³-hybridized carbons (Fsp3) is 0.778. The van der Waals surface area contributed by atoms with E-state index in [1.807, 2.05) is 6.92 Å². The third-order valence-electron chi connectivity index (χ3n) is 1.93. The van der Waals surface area contributed by atoms with Crippen LogP contribution in [-0.2, 0) is 0 Å². The number of hydrogen-bond acceptors (Lipinski definition) is 2. The highest BCUT2D eigenvalue weighted by molar-refractivity contribution is 4.98. The maximum Gasteiger partial charge on any atom is 0.0602 e. The van der Waals surface area contributed by atoms with Crippen LogP contribution >= 0.6 is 0 Å². The molecule has 1 rings (SSSR count). The van der Waals surface area contributed by atoms with Crippen LogP contribution < -0.4 is 5.32 Å². The van der Waals surface area contributed by atoms with Gasteiger partial charge in [-0.15, -0.1) is 5.92 Å². The molecule has 0 aromatic carbocycles. The Hall–Kier alpha value is -0.520. The van der Waals surface area contributed by atoms with Gasteiger partial charge in [-0.1, -0.05) is 5.92 Å². The molecule has 1 atom stereocenters. The molecule has 0 aliphatic carbocycles. The number of nitrogens with one attached hydrogen (secondary N) is 1. The molecular formula is C9H16N2. The molecule has 1 saturated heterocycles. The van der Waals surface area contributed by atoms with Crippen molar-refractivity contribution in [3.05, 3.63) is 0 Å². The molecule has 2 nitrogen and oxygen atoms in total. The zero-order valence-corrected chi connectivity index (χ0v) is 7.35. The molecule has 1 fully saturated rings. The lowest BCUT2D eigenvalue weighted by Crippen LogP contribution is -2.49. The lowest BCUT2D eigenvalue weighted by Gasteiger charge is -2.30. The predicted molar refractivity (Wildman–Crippen MR) is 47.4 cm³/mol. The van der Waals surface area contributed by atoms with Crippen molar-refractivity contribution in [3.8, 4) is 11.8 Å². The Kier molecular flexibility index (Phi) is 3.41. The summed E-state index contributed by atoms with van der Waals surface area (Å²) in [6.45, 7) is 8.42. The molecule has 0 amide bonds. The largest absolute Gasteiger partial charge is 0.312 e. The second kappa shape index (κ2) is 4.38. The number of rotatable bonds is 1. The molecule has 11 heavy (non-hydrogen) atoms. The first kappa shape index (κ1) is 8.58. The highest BCUT2D eigenvalue weighted by atomic mass is 15.2. The van der Waals surface area contributed by atoms with Crippen LogP contribution in [0, 0.1) is 11.8 Å². The first-order valence-electron chi connectivity index (χ1n) is 4.18. The molecular weight excluding hydrogens is 136 g/mol. The maximum atomic E-state index is 3.40. The summed E-state index contributed by atoms with van der Waals surface area (Å²) < 4.78 is 0. The van der Waals surface area contributed by atoms with Crippen molar-refractivity contribution in [3.63, 3.8) is 0 Å². The minimum atomic E-state index is 0.627. The normalized spacial score (nSPS) is 25.8. The highest BCUT2D eigenvalue weighted by Crippen LogP contribution is 1.96. The van der Waals surface area contributed by atoms with Crippen molar-refractivity contribution in [2.45, 2.75) is 19.9 Å².